The lowest BCUT2D eigenvalue weighted by molar-refractivity contribution is -0.138. The molecule has 0 atom stereocenters. The summed E-state index contributed by atoms with van der Waals surface area (Å²) in [5.74, 6) is -0.627. The Balaban J connectivity index is 1.63. The largest absolute Gasteiger partial charge is 0.458 e. The first-order valence-electron chi connectivity index (χ1n) is 8.65. The van der Waals surface area contributed by atoms with Crippen LogP contribution in [0.1, 0.15) is 25.7 Å². The van der Waals surface area contributed by atoms with Crippen LogP contribution in [-0.2, 0) is 14.4 Å². The van der Waals surface area contributed by atoms with Gasteiger partial charge in [-0.1, -0.05) is 6.08 Å². The molecule has 0 unspecified atom stereocenters. The predicted molar refractivity (Wildman–Crippen MR) is 94.7 cm³/mol. The Morgan fingerprint density at radius 3 is 2.30 bits per heavy atom. The van der Waals surface area contributed by atoms with E-state index in [-0.39, 0.29) is 18.7 Å². The predicted octanol–water partition coefficient (Wildman–Crippen LogP) is 1.53. The van der Waals surface area contributed by atoms with E-state index in [0.29, 0.717) is 11.4 Å². The number of anilines is 1. The molecule has 1 spiro atoms. The van der Waals surface area contributed by atoms with E-state index in [0.717, 1.165) is 23.5 Å². The fourth-order valence-electron chi connectivity index (χ4n) is 3.53. The van der Waals surface area contributed by atoms with Gasteiger partial charge in [0.25, 0.3) is 11.8 Å². The molecule has 2 fully saturated rings. The third kappa shape index (κ3) is 2.79. The van der Waals surface area contributed by atoms with Crippen molar-refractivity contribution in [3.8, 4) is 5.75 Å². The molecule has 3 aliphatic rings. The van der Waals surface area contributed by atoms with E-state index in [1.165, 1.54) is 0 Å². The van der Waals surface area contributed by atoms with Crippen LogP contribution in [0.25, 0.3) is 0 Å². The molecule has 27 heavy (non-hydrogen) atoms. The van der Waals surface area contributed by atoms with Crippen molar-refractivity contribution >= 4 is 29.4 Å². The molecule has 5 amide bonds. The third-order valence-electron chi connectivity index (χ3n) is 4.83. The van der Waals surface area contributed by atoms with E-state index in [1.54, 1.807) is 24.3 Å². The number of rotatable bonds is 3. The molecule has 2 heterocycles. The maximum absolute atomic E-state index is 12.5. The van der Waals surface area contributed by atoms with E-state index in [9.17, 15) is 19.2 Å². The zero-order valence-electron chi connectivity index (χ0n) is 14.4. The van der Waals surface area contributed by atoms with Gasteiger partial charge in [0.05, 0.1) is 0 Å². The van der Waals surface area contributed by atoms with Gasteiger partial charge in [-0.2, -0.15) is 0 Å². The molecule has 8 nitrogen and oxygen atoms in total. The second kappa shape index (κ2) is 6.39. The molecule has 4 rings (SSSR count). The van der Waals surface area contributed by atoms with Crippen molar-refractivity contribution in [3.05, 3.63) is 48.3 Å². The van der Waals surface area contributed by atoms with Gasteiger partial charge in [-0.15, -0.1) is 0 Å². The van der Waals surface area contributed by atoms with E-state index in [4.69, 9.17) is 4.74 Å². The van der Waals surface area contributed by atoms with Crippen molar-refractivity contribution in [2.24, 2.45) is 0 Å². The number of nitrogens with zero attached hydrogens (tertiary/aromatic N) is 1. The topological polar surface area (TPSA) is 105 Å². The van der Waals surface area contributed by atoms with Crippen molar-refractivity contribution in [2.45, 2.75) is 31.2 Å². The number of benzene rings is 1. The summed E-state index contributed by atoms with van der Waals surface area (Å²) in [6, 6.07) is 5.69. The molecule has 2 aliphatic heterocycles. The van der Waals surface area contributed by atoms with E-state index in [1.807, 2.05) is 18.2 Å². The summed E-state index contributed by atoms with van der Waals surface area (Å²) in [7, 11) is 0. The molecule has 0 radical (unpaired) electrons. The molecule has 2 saturated heterocycles. The van der Waals surface area contributed by atoms with Gasteiger partial charge in [-0.25, -0.2) is 4.79 Å². The summed E-state index contributed by atoms with van der Waals surface area (Å²) in [5, 5.41) is 4.17. The highest BCUT2D eigenvalue weighted by Gasteiger charge is 2.60. The lowest BCUT2D eigenvalue weighted by atomic mass is 9.91. The van der Waals surface area contributed by atoms with E-state index >= 15 is 0 Å². The number of carbonyl (C=O) groups is 4. The Hall–Kier alpha value is -3.42. The summed E-state index contributed by atoms with van der Waals surface area (Å²) in [4.78, 5) is 49.9. The Labute approximate surface area is 154 Å². The van der Waals surface area contributed by atoms with Crippen molar-refractivity contribution in [2.75, 3.05) is 4.90 Å². The highest BCUT2D eigenvalue weighted by molar-refractivity contribution is 6.28. The quantitative estimate of drug-likeness (QED) is 0.789. The number of ether oxygens (including phenoxy) is 1. The number of urea groups is 1. The number of allylic oxidation sites excluding steroid dienone is 3. The van der Waals surface area contributed by atoms with Gasteiger partial charge in [0, 0.05) is 12.1 Å². The second-order valence-electron chi connectivity index (χ2n) is 6.51. The number of barbiturate groups is 1. The Morgan fingerprint density at radius 1 is 0.963 bits per heavy atom. The lowest BCUT2D eigenvalue weighted by Gasteiger charge is -2.37. The van der Waals surface area contributed by atoms with E-state index < -0.39 is 23.4 Å². The zero-order chi connectivity index (χ0) is 19.0. The van der Waals surface area contributed by atoms with Crippen molar-refractivity contribution in [3.63, 3.8) is 0 Å². The average molecular weight is 367 g/mol. The molecule has 1 aromatic carbocycles. The molecule has 0 saturated carbocycles. The van der Waals surface area contributed by atoms with Gasteiger partial charge >= 0.3 is 6.03 Å². The van der Waals surface area contributed by atoms with Crippen LogP contribution >= 0.6 is 0 Å². The van der Waals surface area contributed by atoms with Crippen LogP contribution in [0.2, 0.25) is 0 Å². The molecule has 0 aromatic heterocycles. The van der Waals surface area contributed by atoms with Gasteiger partial charge in [0.2, 0.25) is 11.4 Å². The normalized spacial score (nSPS) is 21.2. The smallest absolute Gasteiger partial charge is 0.328 e. The second-order valence-corrected chi connectivity index (χ2v) is 6.51. The number of amides is 5. The van der Waals surface area contributed by atoms with Gasteiger partial charge in [0.15, 0.2) is 0 Å². The average Bonchev–Trinajstić information content (AvgIpc) is 3.00. The van der Waals surface area contributed by atoms with Gasteiger partial charge < -0.3 is 4.74 Å². The molecule has 138 valence electrons. The van der Waals surface area contributed by atoms with Crippen molar-refractivity contribution in [1.82, 2.24) is 10.6 Å². The van der Waals surface area contributed by atoms with Gasteiger partial charge in [0.1, 0.15) is 11.5 Å². The first-order valence-corrected chi connectivity index (χ1v) is 8.65. The number of imide groups is 2. The molecule has 1 aromatic rings. The van der Waals surface area contributed by atoms with Crippen LogP contribution in [0.3, 0.4) is 0 Å². The number of hydrogen-bond donors (Lipinski definition) is 2. The maximum Gasteiger partial charge on any atom is 0.328 e. The van der Waals surface area contributed by atoms with Crippen LogP contribution in [0.4, 0.5) is 10.5 Å². The van der Waals surface area contributed by atoms with Crippen LogP contribution in [0.5, 0.6) is 5.75 Å². The number of carbonyl (C=O) groups excluding carboxylic acids is 4. The molecule has 8 heteroatoms. The van der Waals surface area contributed by atoms with Crippen molar-refractivity contribution in [1.29, 1.82) is 0 Å². The minimum absolute atomic E-state index is 0.00666. The summed E-state index contributed by atoms with van der Waals surface area (Å²) in [6.45, 7) is 0. The van der Waals surface area contributed by atoms with E-state index in [2.05, 4.69) is 10.6 Å². The molecule has 0 bridgehead atoms. The van der Waals surface area contributed by atoms with Crippen LogP contribution in [0.15, 0.2) is 48.3 Å². The fraction of sp³-hybridized carbons (Fsp3) is 0.263. The minimum atomic E-state index is -1.75. The standard InChI is InChI=1S/C19H17N3O5/c23-15-10-11-19(16(24)20-18(26)21-17(19)25)22(15)12-6-8-14(9-7-12)27-13-4-2-1-3-5-13/h2,4-9H,1,3,10-11H2,(H2,20,21,24,25,26). The van der Waals surface area contributed by atoms with Crippen LogP contribution in [-0.4, -0.2) is 29.3 Å². The fourth-order valence-corrected chi connectivity index (χ4v) is 3.53. The highest BCUT2D eigenvalue weighted by atomic mass is 16.5. The zero-order valence-corrected chi connectivity index (χ0v) is 14.4. The number of nitrogens with one attached hydrogen (secondary N) is 2. The van der Waals surface area contributed by atoms with Crippen LogP contribution < -0.4 is 20.3 Å². The third-order valence-corrected chi connectivity index (χ3v) is 4.83. The SMILES string of the molecule is O=C1NC(=O)C2(CCC(=O)N2c2ccc(OC3=CCCC=C3)cc2)C(=O)N1. The summed E-state index contributed by atoms with van der Waals surface area (Å²) in [6.07, 6.45) is 7.84. The molecule has 2 N–H and O–H groups in total. The first kappa shape index (κ1) is 17.0. The lowest BCUT2D eigenvalue weighted by Crippen LogP contribution is -2.72. The van der Waals surface area contributed by atoms with Gasteiger partial charge in [-0.05, 0) is 55.7 Å². The monoisotopic (exact) mass is 367 g/mol. The summed E-state index contributed by atoms with van der Waals surface area (Å²) < 4.78 is 5.76. The Kier molecular flexibility index (Phi) is 4.02. The summed E-state index contributed by atoms with van der Waals surface area (Å²) in [5.41, 5.74) is -1.36. The van der Waals surface area contributed by atoms with Crippen molar-refractivity contribution < 1.29 is 23.9 Å². The Morgan fingerprint density at radius 2 is 1.67 bits per heavy atom. The molecular weight excluding hydrogens is 350 g/mol. The Bertz CT molecular complexity index is 880. The molecule has 1 aliphatic carbocycles. The highest BCUT2D eigenvalue weighted by Crippen LogP contribution is 2.37. The number of hydrogen-bond acceptors (Lipinski definition) is 5. The maximum atomic E-state index is 12.5. The molecular formula is C19H17N3O5. The summed E-state index contributed by atoms with van der Waals surface area (Å²) >= 11 is 0. The minimum Gasteiger partial charge on any atom is -0.458 e. The van der Waals surface area contributed by atoms with Crippen LogP contribution in [0, 0.1) is 0 Å². The first-order chi connectivity index (χ1) is 13.0. The van der Waals surface area contributed by atoms with Gasteiger partial charge in [-0.3, -0.25) is 29.9 Å².